The number of rotatable bonds is 4. The molecular weight excluding hydrogens is 357 g/mol. The number of nitrogens with one attached hydrogen (secondary N) is 1. The van der Waals surface area contributed by atoms with Gasteiger partial charge in [0.15, 0.2) is 0 Å². The summed E-state index contributed by atoms with van der Waals surface area (Å²) in [5, 5.41) is 4.28. The van der Waals surface area contributed by atoms with Crippen molar-refractivity contribution in [2.75, 3.05) is 4.72 Å². The molecule has 0 fully saturated rings. The maximum Gasteiger partial charge on any atom is 0.263 e. The summed E-state index contributed by atoms with van der Waals surface area (Å²) in [4.78, 5) is -0.0815. The number of nitrogens with zero attached hydrogens (tertiary/aromatic N) is 2. The van der Waals surface area contributed by atoms with E-state index >= 15 is 0 Å². The Labute approximate surface area is 143 Å². The topological polar surface area (TPSA) is 64.0 Å². The number of halogens is 2. The van der Waals surface area contributed by atoms with Crippen LogP contribution < -0.4 is 4.72 Å². The molecular formula is C15H11Cl2N3O2S. The van der Waals surface area contributed by atoms with Crippen molar-refractivity contribution in [3.63, 3.8) is 0 Å². The lowest BCUT2D eigenvalue weighted by atomic mass is 10.3. The Morgan fingerprint density at radius 2 is 1.78 bits per heavy atom. The van der Waals surface area contributed by atoms with Gasteiger partial charge >= 0.3 is 0 Å². The quantitative estimate of drug-likeness (QED) is 0.758. The van der Waals surface area contributed by atoms with Crippen LogP contribution in [0.3, 0.4) is 0 Å². The number of para-hydroxylation sites is 2. The zero-order chi connectivity index (χ0) is 16.4. The van der Waals surface area contributed by atoms with E-state index in [1.165, 1.54) is 18.2 Å². The standard InChI is InChI=1S/C15H11Cl2N3O2S/c16-11-5-3-8-14(15(11)17)23(21,22)19-12-6-1-2-7-13(12)20-10-4-9-18-20/h1-10,19H. The molecule has 1 N–H and O–H groups in total. The third-order valence-electron chi connectivity index (χ3n) is 3.11. The van der Waals surface area contributed by atoms with Gasteiger partial charge in [-0.2, -0.15) is 5.10 Å². The molecule has 0 aliphatic carbocycles. The average molecular weight is 368 g/mol. The highest BCUT2D eigenvalue weighted by Crippen LogP contribution is 2.31. The number of sulfonamides is 1. The lowest BCUT2D eigenvalue weighted by molar-refractivity contribution is 0.601. The third-order valence-corrected chi connectivity index (χ3v) is 5.44. The molecule has 0 bridgehead atoms. The lowest BCUT2D eigenvalue weighted by Gasteiger charge is -2.13. The van der Waals surface area contributed by atoms with Gasteiger partial charge in [-0.1, -0.05) is 41.4 Å². The van der Waals surface area contributed by atoms with Crippen LogP contribution in [0.2, 0.25) is 10.0 Å². The molecule has 2 aromatic carbocycles. The van der Waals surface area contributed by atoms with E-state index in [1.54, 1.807) is 47.4 Å². The monoisotopic (exact) mass is 367 g/mol. The minimum absolute atomic E-state index is 0.0155. The van der Waals surface area contributed by atoms with E-state index in [0.717, 1.165) is 0 Å². The van der Waals surface area contributed by atoms with Crippen molar-refractivity contribution < 1.29 is 8.42 Å². The smallest absolute Gasteiger partial charge is 0.263 e. The van der Waals surface area contributed by atoms with Gasteiger partial charge in [0.1, 0.15) is 4.90 Å². The van der Waals surface area contributed by atoms with Crippen molar-refractivity contribution in [2.24, 2.45) is 0 Å². The largest absolute Gasteiger partial charge is 0.277 e. The molecule has 1 aromatic heterocycles. The fraction of sp³-hybridized carbons (Fsp3) is 0. The summed E-state index contributed by atoms with van der Waals surface area (Å²) < 4.78 is 29.3. The second-order valence-corrected chi connectivity index (χ2v) is 7.06. The Morgan fingerprint density at radius 1 is 1.00 bits per heavy atom. The molecule has 3 aromatic rings. The van der Waals surface area contributed by atoms with Crippen LogP contribution in [0.4, 0.5) is 5.69 Å². The molecule has 0 spiro atoms. The zero-order valence-corrected chi connectivity index (χ0v) is 14.0. The summed E-state index contributed by atoms with van der Waals surface area (Å²) >= 11 is 11.9. The summed E-state index contributed by atoms with van der Waals surface area (Å²) in [7, 11) is -3.89. The van der Waals surface area contributed by atoms with Gasteiger partial charge in [-0.05, 0) is 30.3 Å². The maximum absolute atomic E-state index is 12.6. The van der Waals surface area contributed by atoms with Crippen molar-refractivity contribution in [3.8, 4) is 5.69 Å². The molecule has 3 rings (SSSR count). The fourth-order valence-corrected chi connectivity index (χ4v) is 3.90. The molecule has 1 heterocycles. The first-order valence-electron chi connectivity index (χ1n) is 6.55. The van der Waals surface area contributed by atoms with Crippen molar-refractivity contribution in [1.29, 1.82) is 0 Å². The van der Waals surface area contributed by atoms with Crippen LogP contribution in [-0.4, -0.2) is 18.2 Å². The maximum atomic E-state index is 12.6. The molecule has 0 aliphatic heterocycles. The first-order chi connectivity index (χ1) is 11.0. The molecule has 5 nitrogen and oxygen atoms in total. The van der Waals surface area contributed by atoms with Crippen LogP contribution in [0.5, 0.6) is 0 Å². The van der Waals surface area contributed by atoms with E-state index in [2.05, 4.69) is 9.82 Å². The second-order valence-electron chi connectivity index (χ2n) is 4.63. The molecule has 0 amide bonds. The highest BCUT2D eigenvalue weighted by molar-refractivity contribution is 7.92. The van der Waals surface area contributed by atoms with E-state index in [9.17, 15) is 8.42 Å². The van der Waals surface area contributed by atoms with Crippen molar-refractivity contribution in [3.05, 3.63) is 71.0 Å². The fourth-order valence-electron chi connectivity index (χ4n) is 2.06. The Morgan fingerprint density at radius 3 is 2.52 bits per heavy atom. The van der Waals surface area contributed by atoms with Gasteiger partial charge in [0.2, 0.25) is 0 Å². The molecule has 8 heteroatoms. The second kappa shape index (κ2) is 6.23. The Hall–Kier alpha value is -2.02. The first-order valence-corrected chi connectivity index (χ1v) is 8.79. The highest BCUT2D eigenvalue weighted by Gasteiger charge is 2.21. The number of benzene rings is 2. The minimum atomic E-state index is -3.89. The van der Waals surface area contributed by atoms with Gasteiger partial charge in [0.25, 0.3) is 10.0 Å². The zero-order valence-electron chi connectivity index (χ0n) is 11.6. The first kappa shape index (κ1) is 15.9. The van der Waals surface area contributed by atoms with Crippen LogP contribution in [0, 0.1) is 0 Å². The third kappa shape index (κ3) is 3.19. The molecule has 23 heavy (non-hydrogen) atoms. The molecule has 0 aliphatic rings. The molecule has 0 radical (unpaired) electrons. The SMILES string of the molecule is O=S(=O)(Nc1ccccc1-n1cccn1)c1cccc(Cl)c1Cl. The van der Waals surface area contributed by atoms with E-state index in [-0.39, 0.29) is 14.9 Å². The van der Waals surface area contributed by atoms with E-state index in [0.29, 0.717) is 11.4 Å². The number of anilines is 1. The van der Waals surface area contributed by atoms with Gasteiger partial charge in [-0.25, -0.2) is 13.1 Å². The van der Waals surface area contributed by atoms with Gasteiger partial charge in [0, 0.05) is 12.4 Å². The molecule has 0 unspecified atom stereocenters. The number of hydrogen-bond acceptors (Lipinski definition) is 3. The highest BCUT2D eigenvalue weighted by atomic mass is 35.5. The van der Waals surface area contributed by atoms with Gasteiger partial charge < -0.3 is 0 Å². The summed E-state index contributed by atoms with van der Waals surface area (Å²) in [6.45, 7) is 0. The van der Waals surface area contributed by atoms with Crippen LogP contribution in [-0.2, 0) is 10.0 Å². The van der Waals surface area contributed by atoms with Crippen molar-refractivity contribution in [1.82, 2.24) is 9.78 Å². The van der Waals surface area contributed by atoms with Crippen LogP contribution in [0.25, 0.3) is 5.69 Å². The average Bonchev–Trinajstić information content (AvgIpc) is 3.04. The number of aromatic nitrogens is 2. The summed E-state index contributed by atoms with van der Waals surface area (Å²) in [6.07, 6.45) is 3.33. The molecule has 118 valence electrons. The molecule has 0 saturated heterocycles. The van der Waals surface area contributed by atoms with Crippen molar-refractivity contribution in [2.45, 2.75) is 4.90 Å². The molecule has 0 atom stereocenters. The predicted molar refractivity (Wildman–Crippen MR) is 90.8 cm³/mol. The molecule has 0 saturated carbocycles. The minimum Gasteiger partial charge on any atom is -0.277 e. The van der Waals surface area contributed by atoms with Crippen LogP contribution in [0.1, 0.15) is 0 Å². The normalized spacial score (nSPS) is 11.4. The van der Waals surface area contributed by atoms with Crippen LogP contribution in [0.15, 0.2) is 65.8 Å². The Kier molecular flexibility index (Phi) is 4.30. The van der Waals surface area contributed by atoms with Gasteiger partial charge in [0.05, 0.1) is 21.4 Å². The number of hydrogen-bond donors (Lipinski definition) is 1. The summed E-state index contributed by atoms with van der Waals surface area (Å²) in [6, 6.07) is 13.1. The van der Waals surface area contributed by atoms with E-state index in [1.807, 2.05) is 0 Å². The van der Waals surface area contributed by atoms with Gasteiger partial charge in [-0.15, -0.1) is 0 Å². The summed E-state index contributed by atoms with van der Waals surface area (Å²) in [5.41, 5.74) is 0.978. The van der Waals surface area contributed by atoms with E-state index in [4.69, 9.17) is 23.2 Å². The Bertz CT molecular complexity index is 941. The summed E-state index contributed by atoms with van der Waals surface area (Å²) in [5.74, 6) is 0. The van der Waals surface area contributed by atoms with Gasteiger partial charge in [-0.3, -0.25) is 4.72 Å². The Balaban J connectivity index is 2.04. The van der Waals surface area contributed by atoms with E-state index < -0.39 is 10.0 Å². The van der Waals surface area contributed by atoms with Crippen LogP contribution >= 0.6 is 23.2 Å². The lowest BCUT2D eigenvalue weighted by Crippen LogP contribution is -2.15. The predicted octanol–water partition coefficient (Wildman–Crippen LogP) is 3.98. The van der Waals surface area contributed by atoms with Crippen molar-refractivity contribution >= 4 is 38.9 Å².